The summed E-state index contributed by atoms with van der Waals surface area (Å²) in [5.74, 6) is -0.134. The molecule has 9 heteroatoms. The van der Waals surface area contributed by atoms with Gasteiger partial charge in [-0.15, -0.1) is 10.2 Å². The molecular weight excluding hydrogens is 366 g/mol. The number of aromatic nitrogens is 3. The fourth-order valence-electron chi connectivity index (χ4n) is 2.10. The highest BCUT2D eigenvalue weighted by Crippen LogP contribution is 2.25. The Labute approximate surface area is 159 Å². The van der Waals surface area contributed by atoms with E-state index in [2.05, 4.69) is 25.8 Å². The Morgan fingerprint density at radius 3 is 2.70 bits per heavy atom. The van der Waals surface area contributed by atoms with Crippen LogP contribution >= 0.6 is 11.8 Å². The normalized spacial score (nSPS) is 11.6. The molecule has 3 aromatic rings. The van der Waals surface area contributed by atoms with Crippen LogP contribution in [0.3, 0.4) is 0 Å². The molecule has 0 unspecified atom stereocenters. The first-order valence-corrected chi connectivity index (χ1v) is 9.03. The minimum atomic E-state index is -0.588. The van der Waals surface area contributed by atoms with Gasteiger partial charge in [-0.2, -0.15) is 0 Å². The van der Waals surface area contributed by atoms with Crippen LogP contribution in [0.4, 0.5) is 4.79 Å². The summed E-state index contributed by atoms with van der Waals surface area (Å²) in [5, 5.41) is 12.4. The van der Waals surface area contributed by atoms with E-state index in [1.54, 1.807) is 31.5 Å². The molecule has 8 nitrogen and oxygen atoms in total. The molecule has 2 N–H and O–H groups in total. The van der Waals surface area contributed by atoms with Crippen LogP contribution in [0.2, 0.25) is 0 Å². The Morgan fingerprint density at radius 2 is 1.96 bits per heavy atom. The first kappa shape index (κ1) is 18.6. The number of carbonyl (C=O) groups is 2. The number of nitrogens with zero attached hydrogens (tertiary/aromatic N) is 3. The molecule has 0 saturated heterocycles. The Hall–Kier alpha value is -3.20. The number of benzene rings is 1. The Bertz CT molecular complexity index is 902. The zero-order valence-corrected chi connectivity index (χ0v) is 15.3. The summed E-state index contributed by atoms with van der Waals surface area (Å²) in [5.41, 5.74) is 1.63. The topological polar surface area (TPSA) is 110 Å². The minimum absolute atomic E-state index is 0.237. The molecule has 0 aliphatic heterocycles. The lowest BCUT2D eigenvalue weighted by Gasteiger charge is -2.10. The lowest BCUT2D eigenvalue weighted by Crippen LogP contribution is -2.42. The number of hydrogen-bond acceptors (Lipinski definition) is 7. The lowest BCUT2D eigenvalue weighted by molar-refractivity contribution is -0.119. The number of thioether (sulfide) groups is 1. The van der Waals surface area contributed by atoms with E-state index < -0.39 is 17.2 Å². The Balaban J connectivity index is 1.49. The number of rotatable bonds is 6. The van der Waals surface area contributed by atoms with E-state index in [9.17, 15) is 9.59 Å². The highest BCUT2D eigenvalue weighted by Gasteiger charge is 2.20. The van der Waals surface area contributed by atoms with E-state index in [-0.39, 0.29) is 5.22 Å². The van der Waals surface area contributed by atoms with Crippen LogP contribution < -0.4 is 10.6 Å². The van der Waals surface area contributed by atoms with Crippen molar-refractivity contribution in [3.8, 4) is 11.5 Å². The quantitative estimate of drug-likeness (QED) is 0.630. The number of urea groups is 1. The highest BCUT2D eigenvalue weighted by atomic mass is 32.2. The van der Waals surface area contributed by atoms with Crippen molar-refractivity contribution in [1.82, 2.24) is 25.8 Å². The molecule has 0 spiro atoms. The number of hydrogen-bond donors (Lipinski definition) is 2. The summed E-state index contributed by atoms with van der Waals surface area (Å²) in [6.45, 7) is 1.98. The minimum Gasteiger partial charge on any atom is -0.411 e. The number of nitrogens with one attached hydrogen (secondary N) is 2. The fourth-order valence-corrected chi connectivity index (χ4v) is 2.79. The molecule has 0 saturated carbocycles. The third-order valence-electron chi connectivity index (χ3n) is 3.49. The maximum Gasteiger partial charge on any atom is 0.321 e. The molecule has 1 aromatic carbocycles. The van der Waals surface area contributed by atoms with Gasteiger partial charge < -0.3 is 9.73 Å². The van der Waals surface area contributed by atoms with Gasteiger partial charge in [-0.05, 0) is 24.6 Å². The summed E-state index contributed by atoms with van der Waals surface area (Å²) in [7, 11) is 0. The fraction of sp³-hybridized carbons (Fsp3) is 0.167. The molecule has 0 aliphatic rings. The first-order valence-electron chi connectivity index (χ1n) is 8.15. The average Bonchev–Trinajstić information content (AvgIpc) is 3.16. The molecule has 3 amide bonds. The molecule has 0 bridgehead atoms. The van der Waals surface area contributed by atoms with Crippen LogP contribution in [0.5, 0.6) is 0 Å². The van der Waals surface area contributed by atoms with Crippen molar-refractivity contribution in [3.05, 3.63) is 60.4 Å². The van der Waals surface area contributed by atoms with E-state index in [0.717, 1.165) is 17.3 Å². The van der Waals surface area contributed by atoms with Gasteiger partial charge in [0, 0.05) is 18.9 Å². The predicted octanol–water partition coefficient (Wildman–Crippen LogP) is 2.64. The van der Waals surface area contributed by atoms with Crippen molar-refractivity contribution in [1.29, 1.82) is 0 Å². The van der Waals surface area contributed by atoms with E-state index in [1.807, 2.05) is 30.3 Å². The second-order valence-corrected chi connectivity index (χ2v) is 6.82. The van der Waals surface area contributed by atoms with E-state index in [0.29, 0.717) is 18.0 Å². The number of imide groups is 1. The number of amides is 3. The molecule has 0 aliphatic carbocycles. The van der Waals surface area contributed by atoms with E-state index >= 15 is 0 Å². The number of pyridine rings is 1. The van der Waals surface area contributed by atoms with Crippen molar-refractivity contribution in [3.63, 3.8) is 0 Å². The summed E-state index contributed by atoms with van der Waals surface area (Å²) in [6, 6.07) is 12.4. The van der Waals surface area contributed by atoms with Crippen LogP contribution in [0.15, 0.2) is 64.5 Å². The second kappa shape index (κ2) is 8.95. The second-order valence-electron chi connectivity index (χ2n) is 5.53. The predicted molar refractivity (Wildman–Crippen MR) is 99.7 cm³/mol. The maximum absolute atomic E-state index is 12.2. The molecule has 27 heavy (non-hydrogen) atoms. The Kier molecular flexibility index (Phi) is 6.16. The molecule has 3 rings (SSSR count). The van der Waals surface area contributed by atoms with Crippen LogP contribution in [-0.2, 0) is 11.3 Å². The van der Waals surface area contributed by atoms with Gasteiger partial charge in [0.05, 0.1) is 10.8 Å². The lowest BCUT2D eigenvalue weighted by atomic mass is 10.2. The van der Waals surface area contributed by atoms with Crippen molar-refractivity contribution < 1.29 is 14.0 Å². The van der Waals surface area contributed by atoms with Gasteiger partial charge in [-0.1, -0.05) is 42.1 Å². The van der Waals surface area contributed by atoms with Gasteiger partial charge in [-0.25, -0.2) is 4.79 Å². The summed E-state index contributed by atoms with van der Waals surface area (Å²) in [6.07, 6.45) is 3.25. The zero-order valence-electron chi connectivity index (χ0n) is 14.5. The first-order chi connectivity index (χ1) is 13.1. The maximum atomic E-state index is 12.2. The van der Waals surface area contributed by atoms with Crippen LogP contribution in [-0.4, -0.2) is 32.4 Å². The van der Waals surface area contributed by atoms with Crippen LogP contribution in [0, 0.1) is 0 Å². The van der Waals surface area contributed by atoms with Crippen molar-refractivity contribution in [2.24, 2.45) is 0 Å². The van der Waals surface area contributed by atoms with Gasteiger partial charge in [0.15, 0.2) is 0 Å². The van der Waals surface area contributed by atoms with Gasteiger partial charge >= 0.3 is 6.03 Å². The van der Waals surface area contributed by atoms with Gasteiger partial charge in [0.1, 0.15) is 0 Å². The summed E-state index contributed by atoms with van der Waals surface area (Å²) in [4.78, 5) is 28.0. The smallest absolute Gasteiger partial charge is 0.321 e. The van der Waals surface area contributed by atoms with Crippen molar-refractivity contribution >= 4 is 23.7 Å². The molecule has 2 aromatic heterocycles. The summed E-state index contributed by atoms with van der Waals surface area (Å²) < 4.78 is 5.52. The molecule has 138 valence electrons. The van der Waals surface area contributed by atoms with Gasteiger partial charge in [0.2, 0.25) is 11.8 Å². The Morgan fingerprint density at radius 1 is 1.15 bits per heavy atom. The largest absolute Gasteiger partial charge is 0.411 e. The van der Waals surface area contributed by atoms with Crippen molar-refractivity contribution in [2.75, 3.05) is 0 Å². The average molecular weight is 383 g/mol. The molecule has 0 fully saturated rings. The molecular formula is C18H17N5O3S. The van der Waals surface area contributed by atoms with Crippen LogP contribution in [0.1, 0.15) is 12.5 Å². The van der Waals surface area contributed by atoms with E-state index in [1.165, 1.54) is 0 Å². The summed E-state index contributed by atoms with van der Waals surface area (Å²) >= 11 is 1.07. The zero-order chi connectivity index (χ0) is 19.1. The molecule has 2 heterocycles. The highest BCUT2D eigenvalue weighted by molar-refractivity contribution is 8.00. The third-order valence-corrected chi connectivity index (χ3v) is 4.43. The molecule has 0 radical (unpaired) electrons. The van der Waals surface area contributed by atoms with Crippen LogP contribution in [0.25, 0.3) is 11.5 Å². The standard InChI is InChI=1S/C18H17N5O3S/c1-12(15(24)21-17(25)20-10-13-6-3-2-4-7-13)27-18-23-22-16(26-18)14-8-5-9-19-11-14/h2-9,11-12H,10H2,1H3,(H2,20,21,24,25)/t12-/m0/s1. The van der Waals surface area contributed by atoms with Gasteiger partial charge in [-0.3, -0.25) is 15.1 Å². The monoisotopic (exact) mass is 383 g/mol. The number of carbonyl (C=O) groups excluding carboxylic acids is 2. The van der Waals surface area contributed by atoms with E-state index in [4.69, 9.17) is 4.42 Å². The van der Waals surface area contributed by atoms with Crippen molar-refractivity contribution in [2.45, 2.75) is 23.9 Å². The SMILES string of the molecule is C[C@H](Sc1nnc(-c2cccnc2)o1)C(=O)NC(=O)NCc1ccccc1. The third kappa shape index (κ3) is 5.38. The van der Waals surface area contributed by atoms with Gasteiger partial charge in [0.25, 0.3) is 5.22 Å². The molecule has 1 atom stereocenters.